The Hall–Kier alpha value is -1.78. The SMILES string of the molecule is CN=C(NCCC(F)(F)F)NCc1coc(-c2ccc(C)cc2)n1.I. The van der Waals surface area contributed by atoms with Gasteiger partial charge in [-0.25, -0.2) is 4.98 Å². The number of guanidine groups is 1. The molecule has 0 spiro atoms. The van der Waals surface area contributed by atoms with E-state index in [1.807, 2.05) is 31.2 Å². The van der Waals surface area contributed by atoms with Gasteiger partial charge in [-0.2, -0.15) is 13.2 Å². The molecule has 0 saturated carbocycles. The van der Waals surface area contributed by atoms with Crippen molar-refractivity contribution in [2.75, 3.05) is 13.6 Å². The number of nitrogens with zero attached hydrogens (tertiary/aromatic N) is 2. The zero-order chi connectivity index (χ0) is 17.6. The van der Waals surface area contributed by atoms with Gasteiger partial charge in [0.05, 0.1) is 18.7 Å². The number of aliphatic imine (C=N–C) groups is 1. The normalized spacial score (nSPS) is 11.8. The van der Waals surface area contributed by atoms with Gasteiger partial charge < -0.3 is 15.1 Å². The Kier molecular flexibility index (Phi) is 8.20. The molecule has 0 aliphatic heterocycles. The lowest BCUT2D eigenvalue weighted by atomic mass is 10.1. The Morgan fingerprint density at radius 2 is 1.88 bits per heavy atom. The molecule has 0 aliphatic rings. The van der Waals surface area contributed by atoms with Crippen molar-refractivity contribution in [1.82, 2.24) is 15.6 Å². The van der Waals surface area contributed by atoms with Crippen LogP contribution in [-0.4, -0.2) is 30.7 Å². The molecule has 0 unspecified atom stereocenters. The van der Waals surface area contributed by atoms with Crippen LogP contribution >= 0.6 is 24.0 Å². The Labute approximate surface area is 161 Å². The maximum absolute atomic E-state index is 12.1. The third-order valence-electron chi connectivity index (χ3n) is 3.21. The van der Waals surface area contributed by atoms with Crippen LogP contribution < -0.4 is 10.6 Å². The fourth-order valence-electron chi connectivity index (χ4n) is 1.93. The van der Waals surface area contributed by atoms with Gasteiger partial charge in [-0.15, -0.1) is 24.0 Å². The van der Waals surface area contributed by atoms with Gasteiger partial charge in [-0.1, -0.05) is 17.7 Å². The van der Waals surface area contributed by atoms with Crippen LogP contribution in [0.25, 0.3) is 11.5 Å². The number of benzene rings is 1. The van der Waals surface area contributed by atoms with Crippen LogP contribution in [0.3, 0.4) is 0 Å². The van der Waals surface area contributed by atoms with Gasteiger partial charge in [0.25, 0.3) is 0 Å². The fraction of sp³-hybridized carbons (Fsp3) is 0.375. The van der Waals surface area contributed by atoms with E-state index in [1.54, 1.807) is 0 Å². The van der Waals surface area contributed by atoms with E-state index in [0.29, 0.717) is 18.1 Å². The fourth-order valence-corrected chi connectivity index (χ4v) is 1.93. The average molecular weight is 468 g/mol. The van der Waals surface area contributed by atoms with Crippen LogP contribution in [0.4, 0.5) is 13.2 Å². The third kappa shape index (κ3) is 7.32. The van der Waals surface area contributed by atoms with Crippen molar-refractivity contribution >= 4 is 29.9 Å². The third-order valence-corrected chi connectivity index (χ3v) is 3.21. The zero-order valence-electron chi connectivity index (χ0n) is 13.9. The highest BCUT2D eigenvalue weighted by Crippen LogP contribution is 2.19. The quantitative estimate of drug-likeness (QED) is 0.397. The molecule has 0 radical (unpaired) electrons. The van der Waals surface area contributed by atoms with Crippen molar-refractivity contribution in [3.8, 4) is 11.5 Å². The number of hydrogen-bond donors (Lipinski definition) is 2. The molecule has 0 aliphatic carbocycles. The lowest BCUT2D eigenvalue weighted by Gasteiger charge is -2.11. The van der Waals surface area contributed by atoms with Crippen molar-refractivity contribution in [3.63, 3.8) is 0 Å². The second-order valence-corrected chi connectivity index (χ2v) is 5.23. The summed E-state index contributed by atoms with van der Waals surface area (Å²) in [6, 6.07) is 7.75. The van der Waals surface area contributed by atoms with Gasteiger partial charge in [0.2, 0.25) is 5.89 Å². The lowest BCUT2D eigenvalue weighted by molar-refractivity contribution is -0.132. The summed E-state index contributed by atoms with van der Waals surface area (Å²) < 4.78 is 41.8. The van der Waals surface area contributed by atoms with Crippen LogP contribution in [0.1, 0.15) is 17.7 Å². The van der Waals surface area contributed by atoms with Gasteiger partial charge in [0.1, 0.15) is 6.26 Å². The van der Waals surface area contributed by atoms with Gasteiger partial charge in [0, 0.05) is 19.2 Å². The van der Waals surface area contributed by atoms with Gasteiger partial charge in [0.15, 0.2) is 5.96 Å². The van der Waals surface area contributed by atoms with Gasteiger partial charge in [-0.05, 0) is 19.1 Å². The van der Waals surface area contributed by atoms with E-state index in [2.05, 4.69) is 20.6 Å². The van der Waals surface area contributed by atoms with E-state index in [-0.39, 0.29) is 36.5 Å². The zero-order valence-corrected chi connectivity index (χ0v) is 16.2. The Balaban J connectivity index is 0.00000312. The molecular formula is C16H20F3IN4O. The van der Waals surface area contributed by atoms with Crippen LogP contribution in [0.2, 0.25) is 0 Å². The first-order valence-corrected chi connectivity index (χ1v) is 7.40. The Morgan fingerprint density at radius 3 is 2.48 bits per heavy atom. The van der Waals surface area contributed by atoms with Crippen LogP contribution in [0.15, 0.2) is 39.9 Å². The number of hydrogen-bond acceptors (Lipinski definition) is 3. The maximum atomic E-state index is 12.1. The van der Waals surface area contributed by atoms with Crippen LogP contribution in [0, 0.1) is 6.92 Å². The predicted octanol–water partition coefficient (Wildman–Crippen LogP) is 3.89. The van der Waals surface area contributed by atoms with Crippen molar-refractivity contribution < 1.29 is 17.6 Å². The number of nitrogens with one attached hydrogen (secondary N) is 2. The Bertz CT molecular complexity index is 683. The molecular weight excluding hydrogens is 448 g/mol. The number of halogens is 4. The Morgan fingerprint density at radius 1 is 1.20 bits per heavy atom. The highest BCUT2D eigenvalue weighted by atomic mass is 127. The summed E-state index contributed by atoms with van der Waals surface area (Å²) in [5.74, 6) is 0.769. The number of oxazole rings is 1. The summed E-state index contributed by atoms with van der Waals surface area (Å²) in [4.78, 5) is 8.21. The minimum absolute atomic E-state index is 0. The van der Waals surface area contributed by atoms with Gasteiger partial charge in [-0.3, -0.25) is 4.99 Å². The van der Waals surface area contributed by atoms with E-state index in [4.69, 9.17) is 4.42 Å². The summed E-state index contributed by atoms with van der Waals surface area (Å²) >= 11 is 0. The summed E-state index contributed by atoms with van der Waals surface area (Å²) in [6.45, 7) is 2.05. The van der Waals surface area contributed by atoms with Crippen molar-refractivity contribution in [1.29, 1.82) is 0 Å². The molecule has 25 heavy (non-hydrogen) atoms. The number of aryl methyl sites for hydroxylation is 1. The molecule has 1 aromatic heterocycles. The standard InChI is InChI=1S/C16H19F3N4O.HI/c1-11-3-5-12(6-4-11)14-23-13(10-24-14)9-22-15(20-2)21-8-7-16(17,18)19;/h3-6,10H,7-9H2,1-2H3,(H2,20,21,22);1H. The largest absolute Gasteiger partial charge is 0.444 e. The van der Waals surface area contributed by atoms with Crippen LogP contribution in [0.5, 0.6) is 0 Å². The molecule has 9 heteroatoms. The summed E-state index contributed by atoms with van der Waals surface area (Å²) in [6.07, 6.45) is -3.61. The molecule has 1 heterocycles. The molecule has 2 N–H and O–H groups in total. The van der Waals surface area contributed by atoms with E-state index in [1.165, 1.54) is 13.3 Å². The summed E-state index contributed by atoms with van der Waals surface area (Å²) in [5.41, 5.74) is 2.63. The second kappa shape index (κ2) is 9.64. The smallest absolute Gasteiger partial charge is 0.390 e. The molecule has 0 saturated heterocycles. The first-order valence-electron chi connectivity index (χ1n) is 7.40. The molecule has 0 atom stereocenters. The molecule has 1 aromatic carbocycles. The number of rotatable bonds is 5. The minimum Gasteiger partial charge on any atom is -0.444 e. The first kappa shape index (κ1) is 21.3. The monoisotopic (exact) mass is 468 g/mol. The highest BCUT2D eigenvalue weighted by Gasteiger charge is 2.26. The van der Waals surface area contributed by atoms with Crippen molar-refractivity contribution in [2.24, 2.45) is 4.99 Å². The van der Waals surface area contributed by atoms with Crippen molar-refractivity contribution in [2.45, 2.75) is 26.1 Å². The maximum Gasteiger partial charge on any atom is 0.390 e. The minimum atomic E-state index is -4.19. The molecule has 0 fully saturated rings. The molecule has 0 bridgehead atoms. The van der Waals surface area contributed by atoms with E-state index in [9.17, 15) is 13.2 Å². The summed E-state index contributed by atoms with van der Waals surface area (Å²) in [7, 11) is 1.49. The van der Waals surface area contributed by atoms with E-state index >= 15 is 0 Å². The molecule has 2 rings (SSSR count). The summed E-state index contributed by atoms with van der Waals surface area (Å²) in [5, 5.41) is 5.50. The predicted molar refractivity (Wildman–Crippen MR) is 101 cm³/mol. The topological polar surface area (TPSA) is 62.5 Å². The molecule has 2 aromatic rings. The number of aromatic nitrogens is 1. The number of alkyl halides is 3. The highest BCUT2D eigenvalue weighted by molar-refractivity contribution is 14.0. The van der Waals surface area contributed by atoms with Crippen LogP contribution in [-0.2, 0) is 6.54 Å². The van der Waals surface area contributed by atoms with Crippen molar-refractivity contribution in [3.05, 3.63) is 41.8 Å². The first-order chi connectivity index (χ1) is 11.4. The van der Waals surface area contributed by atoms with E-state index < -0.39 is 12.6 Å². The lowest BCUT2D eigenvalue weighted by Crippen LogP contribution is -2.38. The second-order valence-electron chi connectivity index (χ2n) is 5.23. The molecule has 0 amide bonds. The molecule has 5 nitrogen and oxygen atoms in total. The van der Waals surface area contributed by atoms with Gasteiger partial charge >= 0.3 is 6.18 Å². The average Bonchev–Trinajstić information content (AvgIpc) is 2.99. The molecule has 138 valence electrons. The van der Waals surface area contributed by atoms with E-state index in [0.717, 1.165) is 11.1 Å².